The van der Waals surface area contributed by atoms with Crippen molar-refractivity contribution in [1.29, 1.82) is 0 Å². The first-order valence-electron chi connectivity index (χ1n) is 6.88. The molecule has 0 aliphatic carbocycles. The first-order valence-corrected chi connectivity index (χ1v) is 8.70. The molecule has 2 aliphatic heterocycles. The van der Waals surface area contributed by atoms with Crippen molar-refractivity contribution in [3.05, 3.63) is 28.8 Å². The van der Waals surface area contributed by atoms with Crippen LogP contribution >= 0.6 is 11.6 Å². The van der Waals surface area contributed by atoms with Crippen LogP contribution < -0.4 is 0 Å². The van der Waals surface area contributed by atoms with Crippen molar-refractivity contribution >= 4 is 21.6 Å². The third kappa shape index (κ3) is 2.17. The van der Waals surface area contributed by atoms with Crippen LogP contribution in [0.3, 0.4) is 0 Å². The molecule has 1 aromatic rings. The Hall–Kier alpha value is -0.620. The van der Waals surface area contributed by atoms with E-state index in [4.69, 9.17) is 11.6 Å². The van der Waals surface area contributed by atoms with E-state index in [1.54, 1.807) is 29.4 Å². The van der Waals surface area contributed by atoms with Gasteiger partial charge in [-0.15, -0.1) is 0 Å². The van der Waals surface area contributed by atoms with Crippen molar-refractivity contribution in [1.82, 2.24) is 4.31 Å². The molecule has 4 nitrogen and oxygen atoms in total. The summed E-state index contributed by atoms with van der Waals surface area (Å²) < 4.78 is 27.4. The van der Waals surface area contributed by atoms with E-state index in [0.717, 1.165) is 12.8 Å². The van der Waals surface area contributed by atoms with E-state index in [2.05, 4.69) is 0 Å². The lowest BCUT2D eigenvalue weighted by atomic mass is 10.0. The van der Waals surface area contributed by atoms with Crippen molar-refractivity contribution in [2.45, 2.75) is 55.7 Å². The second kappa shape index (κ2) is 4.98. The topological polar surface area (TPSA) is 57.6 Å². The number of hydrogen-bond donors (Lipinski definition) is 1. The summed E-state index contributed by atoms with van der Waals surface area (Å²) in [7, 11) is -3.54. The largest absolute Gasteiger partial charge is 0.393 e. The predicted octanol–water partition coefficient (Wildman–Crippen LogP) is 2.32. The Kier molecular flexibility index (Phi) is 3.57. The normalized spacial score (nSPS) is 30.6. The molecule has 20 heavy (non-hydrogen) atoms. The third-order valence-electron chi connectivity index (χ3n) is 4.41. The fourth-order valence-corrected chi connectivity index (χ4v) is 5.85. The van der Waals surface area contributed by atoms with Crippen LogP contribution in [0, 0.1) is 6.92 Å². The van der Waals surface area contributed by atoms with E-state index < -0.39 is 10.0 Å². The highest BCUT2D eigenvalue weighted by molar-refractivity contribution is 7.89. The van der Waals surface area contributed by atoms with E-state index in [0.29, 0.717) is 28.3 Å². The number of halogens is 1. The zero-order chi connectivity index (χ0) is 14.5. The molecule has 0 spiro atoms. The lowest BCUT2D eigenvalue weighted by Gasteiger charge is -2.36. The summed E-state index contributed by atoms with van der Waals surface area (Å²) in [5.74, 6) is 0. The second-order valence-electron chi connectivity index (χ2n) is 5.71. The molecule has 2 unspecified atom stereocenters. The molecule has 1 N–H and O–H groups in total. The van der Waals surface area contributed by atoms with Gasteiger partial charge in [-0.25, -0.2) is 8.42 Å². The van der Waals surface area contributed by atoms with Crippen molar-refractivity contribution in [3.8, 4) is 0 Å². The highest BCUT2D eigenvalue weighted by atomic mass is 35.5. The summed E-state index contributed by atoms with van der Waals surface area (Å²) in [6.07, 6.45) is 2.37. The summed E-state index contributed by atoms with van der Waals surface area (Å²) in [6.45, 7) is 1.73. The number of rotatable bonds is 2. The van der Waals surface area contributed by atoms with Crippen LogP contribution in [0.4, 0.5) is 0 Å². The van der Waals surface area contributed by atoms with Gasteiger partial charge in [0, 0.05) is 17.1 Å². The smallest absolute Gasteiger partial charge is 0.243 e. The van der Waals surface area contributed by atoms with Gasteiger partial charge in [-0.1, -0.05) is 17.7 Å². The predicted molar refractivity (Wildman–Crippen MR) is 77.3 cm³/mol. The van der Waals surface area contributed by atoms with Gasteiger partial charge in [0.05, 0.1) is 11.0 Å². The van der Waals surface area contributed by atoms with Gasteiger partial charge in [-0.3, -0.25) is 0 Å². The molecule has 2 atom stereocenters. The van der Waals surface area contributed by atoms with Gasteiger partial charge in [-0.2, -0.15) is 4.31 Å². The maximum absolute atomic E-state index is 12.9. The number of nitrogens with zero attached hydrogens (tertiary/aromatic N) is 1. The lowest BCUT2D eigenvalue weighted by molar-refractivity contribution is 0.0768. The standard InChI is InChI=1S/C14H18ClNO3S/c1-9-13(15)3-2-4-14(9)20(18,19)16-10-5-6-11(16)8-12(17)7-10/h2-4,10-12,17H,5-8H2,1H3. The molecule has 3 rings (SSSR count). The molecule has 6 heteroatoms. The summed E-state index contributed by atoms with van der Waals surface area (Å²) in [5.41, 5.74) is 0.597. The molecule has 2 fully saturated rings. The monoisotopic (exact) mass is 315 g/mol. The van der Waals surface area contributed by atoms with Gasteiger partial charge in [0.15, 0.2) is 0 Å². The van der Waals surface area contributed by atoms with Gasteiger partial charge in [0.25, 0.3) is 0 Å². The Morgan fingerprint density at radius 2 is 1.85 bits per heavy atom. The number of fused-ring (bicyclic) bond motifs is 2. The van der Waals surface area contributed by atoms with E-state index in [9.17, 15) is 13.5 Å². The zero-order valence-corrected chi connectivity index (χ0v) is 12.9. The Morgan fingerprint density at radius 1 is 1.25 bits per heavy atom. The summed E-state index contributed by atoms with van der Waals surface area (Å²) >= 11 is 6.05. The van der Waals surface area contributed by atoms with Crippen LogP contribution in [-0.4, -0.2) is 36.0 Å². The van der Waals surface area contributed by atoms with Crippen molar-refractivity contribution in [3.63, 3.8) is 0 Å². The molecule has 110 valence electrons. The minimum absolute atomic E-state index is 0.0767. The Labute approximate surface area is 124 Å². The highest BCUT2D eigenvalue weighted by Crippen LogP contribution is 2.40. The van der Waals surface area contributed by atoms with E-state index >= 15 is 0 Å². The van der Waals surface area contributed by atoms with E-state index in [1.165, 1.54) is 0 Å². The number of benzene rings is 1. The SMILES string of the molecule is Cc1c(Cl)cccc1S(=O)(=O)N1C2CCC1CC(O)C2. The fraction of sp³-hybridized carbons (Fsp3) is 0.571. The minimum Gasteiger partial charge on any atom is -0.393 e. The molecule has 0 aromatic heterocycles. The van der Waals surface area contributed by atoms with Crippen LogP contribution in [0.1, 0.15) is 31.2 Å². The second-order valence-corrected chi connectivity index (χ2v) is 7.93. The van der Waals surface area contributed by atoms with Crippen LogP contribution in [0.5, 0.6) is 0 Å². The van der Waals surface area contributed by atoms with Gasteiger partial charge < -0.3 is 5.11 Å². The molecule has 2 bridgehead atoms. The maximum atomic E-state index is 12.9. The maximum Gasteiger partial charge on any atom is 0.243 e. The van der Waals surface area contributed by atoms with Crippen molar-refractivity contribution in [2.75, 3.05) is 0 Å². The molecule has 2 saturated heterocycles. The summed E-state index contributed by atoms with van der Waals surface area (Å²) in [6, 6.07) is 4.83. The first-order chi connectivity index (χ1) is 9.41. The molecule has 0 radical (unpaired) electrons. The average molecular weight is 316 g/mol. The first kappa shape index (κ1) is 14.3. The molecule has 1 aromatic carbocycles. The van der Waals surface area contributed by atoms with Gasteiger partial charge in [-0.05, 0) is 50.3 Å². The number of hydrogen-bond acceptors (Lipinski definition) is 3. The van der Waals surface area contributed by atoms with E-state index in [1.807, 2.05) is 0 Å². The molecule has 0 amide bonds. The van der Waals surface area contributed by atoms with Gasteiger partial charge >= 0.3 is 0 Å². The number of sulfonamides is 1. The number of aliphatic hydroxyl groups is 1. The Bertz CT molecular complexity index is 617. The molecule has 0 saturated carbocycles. The van der Waals surface area contributed by atoms with Crippen molar-refractivity contribution < 1.29 is 13.5 Å². The lowest BCUT2D eigenvalue weighted by Crippen LogP contribution is -2.47. The minimum atomic E-state index is -3.54. The van der Waals surface area contributed by atoms with Crippen LogP contribution in [-0.2, 0) is 10.0 Å². The molecule has 2 aliphatic rings. The summed E-state index contributed by atoms with van der Waals surface area (Å²) in [4.78, 5) is 0.290. The Balaban J connectivity index is 2.03. The van der Waals surface area contributed by atoms with Crippen molar-refractivity contribution in [2.24, 2.45) is 0 Å². The number of aliphatic hydroxyl groups excluding tert-OH is 1. The zero-order valence-electron chi connectivity index (χ0n) is 11.3. The summed E-state index contributed by atoms with van der Waals surface area (Å²) in [5, 5.41) is 10.3. The molecular formula is C14H18ClNO3S. The van der Waals surface area contributed by atoms with Crippen LogP contribution in [0.25, 0.3) is 0 Å². The molecule has 2 heterocycles. The van der Waals surface area contributed by atoms with Crippen LogP contribution in [0.2, 0.25) is 5.02 Å². The molecular weight excluding hydrogens is 298 g/mol. The van der Waals surface area contributed by atoms with Gasteiger partial charge in [0.1, 0.15) is 0 Å². The quantitative estimate of drug-likeness (QED) is 0.911. The van der Waals surface area contributed by atoms with Gasteiger partial charge in [0.2, 0.25) is 10.0 Å². The Morgan fingerprint density at radius 3 is 2.45 bits per heavy atom. The number of piperidine rings is 1. The van der Waals surface area contributed by atoms with E-state index in [-0.39, 0.29) is 18.2 Å². The highest BCUT2D eigenvalue weighted by Gasteiger charge is 2.47. The fourth-order valence-electron chi connectivity index (χ4n) is 3.48. The van der Waals surface area contributed by atoms with Crippen LogP contribution in [0.15, 0.2) is 23.1 Å². The average Bonchev–Trinajstić information content (AvgIpc) is 2.66. The third-order valence-corrected chi connectivity index (χ3v) is 6.97.